The third-order valence-corrected chi connectivity index (χ3v) is 7.84. The quantitative estimate of drug-likeness (QED) is 0.256. The van der Waals surface area contributed by atoms with Gasteiger partial charge in [-0.3, -0.25) is 9.78 Å². The van der Waals surface area contributed by atoms with E-state index in [1.54, 1.807) is 13.3 Å². The molecule has 2 N–H and O–H groups in total. The van der Waals surface area contributed by atoms with Gasteiger partial charge in [0.05, 0.1) is 30.6 Å². The van der Waals surface area contributed by atoms with Gasteiger partial charge in [-0.1, -0.05) is 6.07 Å². The van der Waals surface area contributed by atoms with E-state index in [9.17, 15) is 4.79 Å². The normalized spacial score (nSPS) is 16.3. The Morgan fingerprint density at radius 3 is 2.43 bits per heavy atom. The molecule has 3 heterocycles. The number of hydrogen-bond acceptors (Lipinski definition) is 6. The van der Waals surface area contributed by atoms with Crippen LogP contribution in [0.2, 0.25) is 0 Å². The highest BCUT2D eigenvalue weighted by Gasteiger charge is 2.42. The second-order valence-corrected chi connectivity index (χ2v) is 10.8. The lowest BCUT2D eigenvalue weighted by Gasteiger charge is -2.29. The number of amides is 1. The molecule has 2 aromatic carbocycles. The summed E-state index contributed by atoms with van der Waals surface area (Å²) in [5.74, 6) is 0.264. The summed E-state index contributed by atoms with van der Waals surface area (Å²) in [4.78, 5) is 21.3. The molecule has 0 unspecified atom stereocenters. The number of carbonyl (C=O) groups is 1. The lowest BCUT2D eigenvalue weighted by atomic mass is 9.96. The number of hydrogen-bond donors (Lipinski definition) is 2. The number of carbonyl (C=O) groups excluding carboxylic acids is 1. The van der Waals surface area contributed by atoms with Crippen molar-refractivity contribution in [2.24, 2.45) is 0 Å². The van der Waals surface area contributed by atoms with Gasteiger partial charge in [-0.05, 0) is 92.3 Å². The van der Waals surface area contributed by atoms with Crippen molar-refractivity contribution in [2.45, 2.75) is 25.9 Å². The van der Waals surface area contributed by atoms with Crippen LogP contribution in [-0.2, 0) is 9.53 Å². The summed E-state index contributed by atoms with van der Waals surface area (Å²) in [6, 6.07) is 21.9. The van der Waals surface area contributed by atoms with Crippen LogP contribution in [0.25, 0.3) is 5.69 Å². The minimum absolute atomic E-state index is 0.0665. The molecule has 2 atom stereocenters. The summed E-state index contributed by atoms with van der Waals surface area (Å²) in [6.45, 7) is 4.19. The third-order valence-electron chi connectivity index (χ3n) is 7.52. The number of nitrogens with one attached hydrogen (secondary N) is 2. The van der Waals surface area contributed by atoms with Crippen molar-refractivity contribution >= 4 is 40.3 Å². The maximum atomic E-state index is 12.4. The van der Waals surface area contributed by atoms with Gasteiger partial charge in [-0.15, -0.1) is 0 Å². The number of anilines is 3. The second kappa shape index (κ2) is 12.2. The van der Waals surface area contributed by atoms with Crippen LogP contribution in [0.5, 0.6) is 5.75 Å². The topological polar surface area (TPSA) is 83.9 Å². The number of thiocarbonyl (C=S) groups is 1. The molecule has 0 aliphatic carbocycles. The molecule has 10 heteroatoms. The molecule has 4 aromatic rings. The van der Waals surface area contributed by atoms with Gasteiger partial charge in [-0.25, -0.2) is 0 Å². The van der Waals surface area contributed by atoms with E-state index in [1.165, 1.54) is 7.11 Å². The Labute approximate surface area is 252 Å². The van der Waals surface area contributed by atoms with E-state index in [0.29, 0.717) is 16.5 Å². The zero-order valence-corrected chi connectivity index (χ0v) is 25.5. The zero-order valence-electron chi connectivity index (χ0n) is 24.7. The number of nitrogens with zero attached hydrogens (tertiary/aromatic N) is 4. The molecular formula is C32H36N6O3S. The molecule has 9 nitrogen and oxygen atoms in total. The average Bonchev–Trinajstić information content (AvgIpc) is 3.48. The van der Waals surface area contributed by atoms with Crippen LogP contribution in [-0.4, -0.2) is 55.5 Å². The van der Waals surface area contributed by atoms with Gasteiger partial charge in [0.2, 0.25) is 5.91 Å². The molecule has 1 saturated heterocycles. The van der Waals surface area contributed by atoms with Crippen molar-refractivity contribution in [3.05, 3.63) is 95.6 Å². The van der Waals surface area contributed by atoms with Gasteiger partial charge in [0.15, 0.2) is 5.11 Å². The van der Waals surface area contributed by atoms with Crippen LogP contribution >= 0.6 is 12.2 Å². The monoisotopic (exact) mass is 584 g/mol. The van der Waals surface area contributed by atoms with E-state index in [4.69, 9.17) is 26.7 Å². The summed E-state index contributed by atoms with van der Waals surface area (Å²) >= 11 is 5.96. The van der Waals surface area contributed by atoms with Crippen molar-refractivity contribution in [3.63, 3.8) is 0 Å². The van der Waals surface area contributed by atoms with Crippen molar-refractivity contribution in [3.8, 4) is 11.4 Å². The fraction of sp³-hybridized carbons (Fsp3) is 0.281. The molecule has 0 radical (unpaired) electrons. The van der Waals surface area contributed by atoms with Crippen molar-refractivity contribution in [1.82, 2.24) is 14.9 Å². The SMILES string of the molecule is COCC(=O)Nc1cc(N2C(=S)N[C@@H](c3ccccn3)[C@H]2c2cc(C)n(-c3ccc(N(C)C)cc3)c2C)ccc1OC. The Kier molecular flexibility index (Phi) is 8.46. The molecule has 0 saturated carbocycles. The number of aromatic nitrogens is 2. The first-order valence-corrected chi connectivity index (χ1v) is 14.1. The number of benzene rings is 2. The zero-order chi connectivity index (χ0) is 30.0. The molecule has 0 bridgehead atoms. The molecule has 1 fully saturated rings. The highest BCUT2D eigenvalue weighted by atomic mass is 32.1. The standard InChI is InChI=1S/C32H36N6O3S/c1-20-17-25(21(2)37(20)23-12-10-22(11-13-23)36(3)4)31-30(26-9-7-8-16-33-26)35-32(42)38(31)24-14-15-28(41-6)27(18-24)34-29(39)19-40-5/h7-18,30-31H,19H2,1-6H3,(H,34,39)(H,35,42)/t30-,31+/m0/s1. The van der Waals surface area contributed by atoms with Crippen LogP contribution in [0.3, 0.4) is 0 Å². The Morgan fingerprint density at radius 1 is 1.05 bits per heavy atom. The Bertz CT molecular complexity index is 1590. The summed E-state index contributed by atoms with van der Waals surface area (Å²) < 4.78 is 12.8. The van der Waals surface area contributed by atoms with Gasteiger partial charge in [-0.2, -0.15) is 0 Å². The highest BCUT2D eigenvalue weighted by Crippen LogP contribution is 2.45. The molecule has 1 amide bonds. The number of ether oxygens (including phenoxy) is 2. The van der Waals surface area contributed by atoms with E-state index < -0.39 is 0 Å². The molecule has 5 rings (SSSR count). The molecule has 2 aromatic heterocycles. The first-order valence-electron chi connectivity index (χ1n) is 13.7. The Hall–Kier alpha value is -4.41. The van der Waals surface area contributed by atoms with E-state index in [1.807, 2.05) is 50.5 Å². The number of pyridine rings is 1. The summed E-state index contributed by atoms with van der Waals surface area (Å²) in [5, 5.41) is 7.00. The fourth-order valence-corrected chi connectivity index (χ4v) is 5.94. The maximum Gasteiger partial charge on any atom is 0.250 e. The van der Waals surface area contributed by atoms with E-state index >= 15 is 0 Å². The van der Waals surface area contributed by atoms with Gasteiger partial charge in [0.25, 0.3) is 0 Å². The van der Waals surface area contributed by atoms with Gasteiger partial charge in [0.1, 0.15) is 12.4 Å². The highest BCUT2D eigenvalue weighted by molar-refractivity contribution is 7.80. The molecule has 0 spiro atoms. The lowest BCUT2D eigenvalue weighted by Crippen LogP contribution is -2.29. The lowest BCUT2D eigenvalue weighted by molar-refractivity contribution is -0.119. The average molecular weight is 585 g/mol. The van der Waals surface area contributed by atoms with E-state index in [2.05, 4.69) is 69.2 Å². The minimum atomic E-state index is -0.276. The summed E-state index contributed by atoms with van der Waals surface area (Å²) in [6.07, 6.45) is 1.80. The van der Waals surface area contributed by atoms with E-state index in [-0.39, 0.29) is 24.6 Å². The van der Waals surface area contributed by atoms with Gasteiger partial charge >= 0.3 is 0 Å². The first kappa shape index (κ1) is 29.1. The van der Waals surface area contributed by atoms with Crippen LogP contribution < -0.4 is 25.2 Å². The van der Waals surface area contributed by atoms with Crippen molar-refractivity contribution in [1.29, 1.82) is 0 Å². The Balaban J connectivity index is 1.63. The van der Waals surface area contributed by atoms with Crippen molar-refractivity contribution in [2.75, 3.05) is 50.0 Å². The Morgan fingerprint density at radius 2 is 1.79 bits per heavy atom. The molecule has 218 valence electrons. The first-order chi connectivity index (χ1) is 20.2. The molecule has 1 aliphatic heterocycles. The predicted octanol–water partition coefficient (Wildman–Crippen LogP) is 5.33. The van der Waals surface area contributed by atoms with Crippen LogP contribution in [0.15, 0.2) is 72.9 Å². The summed E-state index contributed by atoms with van der Waals surface area (Å²) in [5.41, 5.74) is 7.79. The maximum absolute atomic E-state index is 12.4. The largest absolute Gasteiger partial charge is 0.495 e. The number of aryl methyl sites for hydroxylation is 1. The molecule has 42 heavy (non-hydrogen) atoms. The van der Waals surface area contributed by atoms with Gasteiger partial charge in [0, 0.05) is 55.9 Å². The molecule has 1 aliphatic rings. The summed E-state index contributed by atoms with van der Waals surface area (Å²) in [7, 11) is 7.13. The van der Waals surface area contributed by atoms with Crippen LogP contribution in [0.1, 0.15) is 34.7 Å². The second-order valence-electron chi connectivity index (χ2n) is 10.4. The van der Waals surface area contributed by atoms with Crippen LogP contribution in [0, 0.1) is 13.8 Å². The minimum Gasteiger partial charge on any atom is -0.495 e. The predicted molar refractivity (Wildman–Crippen MR) is 171 cm³/mol. The molecular weight excluding hydrogens is 548 g/mol. The number of rotatable bonds is 9. The third kappa shape index (κ3) is 5.55. The van der Waals surface area contributed by atoms with Crippen LogP contribution in [0.4, 0.5) is 17.1 Å². The van der Waals surface area contributed by atoms with Gasteiger partial charge < -0.3 is 34.5 Å². The fourth-order valence-electron chi connectivity index (χ4n) is 5.59. The van der Waals surface area contributed by atoms with Crippen molar-refractivity contribution < 1.29 is 14.3 Å². The smallest absolute Gasteiger partial charge is 0.250 e. The number of methoxy groups -OCH3 is 2. The van der Waals surface area contributed by atoms with E-state index in [0.717, 1.165) is 39.7 Å².